The lowest BCUT2D eigenvalue weighted by Gasteiger charge is -2.24. The van der Waals surface area contributed by atoms with Gasteiger partial charge in [0, 0.05) is 37.7 Å². The molecule has 2 heterocycles. The smallest absolute Gasteiger partial charge is 0.260 e. The van der Waals surface area contributed by atoms with Gasteiger partial charge in [0.2, 0.25) is 0 Å². The lowest BCUT2D eigenvalue weighted by Crippen LogP contribution is -2.37. The number of methoxy groups -OCH3 is 1. The molecule has 1 atom stereocenters. The zero-order valence-electron chi connectivity index (χ0n) is 19.3. The number of aromatic nitrogens is 2. The van der Waals surface area contributed by atoms with Crippen LogP contribution in [0.2, 0.25) is 0 Å². The van der Waals surface area contributed by atoms with Gasteiger partial charge in [-0.15, -0.1) is 11.3 Å². The van der Waals surface area contributed by atoms with Crippen LogP contribution < -0.4 is 5.56 Å². The predicted octanol–water partition coefficient (Wildman–Crippen LogP) is 3.44. The van der Waals surface area contributed by atoms with E-state index >= 15 is 0 Å². The van der Waals surface area contributed by atoms with Gasteiger partial charge in [-0.2, -0.15) is 0 Å². The fourth-order valence-electron chi connectivity index (χ4n) is 3.47. The maximum atomic E-state index is 12.9. The first-order valence-corrected chi connectivity index (χ1v) is 11.8. The summed E-state index contributed by atoms with van der Waals surface area (Å²) in [6, 6.07) is 8.14. The number of fused-ring (bicyclic) bond motifs is 1. The number of hydrogen-bond donors (Lipinski definition) is 2. The molecule has 0 radical (unpaired) electrons. The maximum Gasteiger partial charge on any atom is 0.260 e. The molecule has 174 valence electrons. The second kappa shape index (κ2) is 11.7. The lowest BCUT2D eigenvalue weighted by molar-refractivity contribution is 0.00296. The van der Waals surface area contributed by atoms with Gasteiger partial charge in [0.05, 0.1) is 31.2 Å². The van der Waals surface area contributed by atoms with Crippen molar-refractivity contribution in [2.75, 3.05) is 40.0 Å². The minimum atomic E-state index is -0.629. The van der Waals surface area contributed by atoms with E-state index < -0.39 is 6.10 Å². The molecular weight excluding hydrogens is 426 g/mol. The van der Waals surface area contributed by atoms with Crippen LogP contribution in [0.1, 0.15) is 25.2 Å². The number of nitrogens with zero attached hydrogens (tertiary/aromatic N) is 2. The van der Waals surface area contributed by atoms with E-state index in [1.54, 1.807) is 7.11 Å². The predicted molar refractivity (Wildman–Crippen MR) is 129 cm³/mol. The highest BCUT2D eigenvalue weighted by molar-refractivity contribution is 7.17. The van der Waals surface area contributed by atoms with Crippen molar-refractivity contribution in [3.05, 3.63) is 51.4 Å². The van der Waals surface area contributed by atoms with E-state index in [1.807, 2.05) is 41.5 Å². The van der Waals surface area contributed by atoms with Gasteiger partial charge in [0.1, 0.15) is 10.7 Å². The van der Waals surface area contributed by atoms with Crippen molar-refractivity contribution in [1.29, 1.82) is 0 Å². The molecule has 0 bridgehead atoms. The van der Waals surface area contributed by atoms with Gasteiger partial charge in [-0.05, 0) is 18.4 Å². The summed E-state index contributed by atoms with van der Waals surface area (Å²) in [6.07, 6.45) is -0.629. The third kappa shape index (κ3) is 6.70. The number of aryl methyl sites for hydroxylation is 1. The number of aromatic amines is 1. The number of ether oxygens (including phenoxy) is 2. The fourth-order valence-corrected chi connectivity index (χ4v) is 4.44. The molecule has 0 saturated heterocycles. The number of H-pyrrole nitrogens is 1. The molecule has 2 aromatic heterocycles. The number of aliphatic hydroxyl groups is 1. The van der Waals surface area contributed by atoms with Crippen LogP contribution >= 0.6 is 11.3 Å². The minimum absolute atomic E-state index is 0.144. The van der Waals surface area contributed by atoms with E-state index in [4.69, 9.17) is 14.5 Å². The summed E-state index contributed by atoms with van der Waals surface area (Å²) >= 11 is 1.47. The van der Waals surface area contributed by atoms with Crippen LogP contribution in [0.25, 0.3) is 21.3 Å². The molecule has 3 aromatic rings. The molecule has 0 aliphatic rings. The average Bonchev–Trinajstić information content (AvgIpc) is 3.17. The van der Waals surface area contributed by atoms with E-state index in [2.05, 4.69) is 18.8 Å². The highest BCUT2D eigenvalue weighted by Gasteiger charge is 2.17. The summed E-state index contributed by atoms with van der Waals surface area (Å²) < 4.78 is 10.8. The topological polar surface area (TPSA) is 87.7 Å². The van der Waals surface area contributed by atoms with Gasteiger partial charge >= 0.3 is 0 Å². The number of hydrogen-bond acceptors (Lipinski definition) is 7. The van der Waals surface area contributed by atoms with Crippen molar-refractivity contribution in [2.45, 2.75) is 33.4 Å². The molecule has 0 amide bonds. The van der Waals surface area contributed by atoms with E-state index in [9.17, 15) is 9.90 Å². The molecule has 8 heteroatoms. The first kappa shape index (κ1) is 24.5. The van der Waals surface area contributed by atoms with E-state index in [-0.39, 0.29) is 12.2 Å². The monoisotopic (exact) mass is 459 g/mol. The van der Waals surface area contributed by atoms with E-state index in [0.717, 1.165) is 11.1 Å². The molecule has 3 rings (SSSR count). The molecule has 0 fully saturated rings. The Morgan fingerprint density at radius 3 is 2.66 bits per heavy atom. The van der Waals surface area contributed by atoms with Gasteiger partial charge in [0.25, 0.3) is 5.56 Å². The van der Waals surface area contributed by atoms with Gasteiger partial charge in [0.15, 0.2) is 0 Å². The Balaban J connectivity index is 1.76. The first-order valence-electron chi connectivity index (χ1n) is 10.9. The molecule has 1 unspecified atom stereocenters. The molecule has 0 aliphatic carbocycles. The fraction of sp³-hybridized carbons (Fsp3) is 0.500. The lowest BCUT2D eigenvalue weighted by atomic mass is 10.1. The summed E-state index contributed by atoms with van der Waals surface area (Å²) in [7, 11) is 1.64. The van der Waals surface area contributed by atoms with Crippen molar-refractivity contribution in [3.63, 3.8) is 0 Å². The SMILES string of the molecule is COCCN(Cc1nc2scc(-c3ccc(C)cc3)c2c(=O)[nH]1)CC(O)COCC(C)C. The van der Waals surface area contributed by atoms with Crippen LogP contribution in [0.15, 0.2) is 34.4 Å². The molecular formula is C24H33N3O4S. The molecule has 0 spiro atoms. The molecule has 0 saturated carbocycles. The Morgan fingerprint density at radius 2 is 1.97 bits per heavy atom. The first-order chi connectivity index (χ1) is 15.4. The third-order valence-electron chi connectivity index (χ3n) is 5.07. The number of aliphatic hydroxyl groups excluding tert-OH is 1. The number of benzene rings is 1. The molecule has 0 aliphatic heterocycles. The summed E-state index contributed by atoms with van der Waals surface area (Å²) in [4.78, 5) is 23.3. The van der Waals surface area contributed by atoms with Crippen molar-refractivity contribution < 1.29 is 14.6 Å². The zero-order chi connectivity index (χ0) is 23.1. The third-order valence-corrected chi connectivity index (χ3v) is 5.94. The number of thiophene rings is 1. The Hall–Kier alpha value is -2.10. The number of nitrogens with one attached hydrogen (secondary N) is 1. The quantitative estimate of drug-likeness (QED) is 0.431. The van der Waals surface area contributed by atoms with Crippen molar-refractivity contribution in [3.8, 4) is 11.1 Å². The van der Waals surface area contributed by atoms with E-state index in [0.29, 0.717) is 54.8 Å². The minimum Gasteiger partial charge on any atom is -0.389 e. The van der Waals surface area contributed by atoms with Gasteiger partial charge in [-0.3, -0.25) is 9.69 Å². The van der Waals surface area contributed by atoms with Crippen LogP contribution in [0, 0.1) is 12.8 Å². The zero-order valence-corrected chi connectivity index (χ0v) is 20.1. The van der Waals surface area contributed by atoms with Crippen molar-refractivity contribution in [2.24, 2.45) is 5.92 Å². The van der Waals surface area contributed by atoms with Crippen LogP contribution in [-0.2, 0) is 16.0 Å². The maximum absolute atomic E-state index is 12.9. The summed E-state index contributed by atoms with van der Waals surface area (Å²) in [5.41, 5.74) is 2.94. The van der Waals surface area contributed by atoms with Gasteiger partial charge < -0.3 is 19.6 Å². The van der Waals surface area contributed by atoms with E-state index in [1.165, 1.54) is 16.9 Å². The molecule has 32 heavy (non-hydrogen) atoms. The highest BCUT2D eigenvalue weighted by atomic mass is 32.1. The van der Waals surface area contributed by atoms with Gasteiger partial charge in [-0.1, -0.05) is 43.7 Å². The van der Waals surface area contributed by atoms with Gasteiger partial charge in [-0.25, -0.2) is 4.98 Å². The molecule has 2 N–H and O–H groups in total. The summed E-state index contributed by atoms with van der Waals surface area (Å²) in [5, 5.41) is 13.0. The van der Waals surface area contributed by atoms with Crippen LogP contribution in [0.5, 0.6) is 0 Å². The number of rotatable bonds is 12. The standard InChI is InChI=1S/C24H33N3O4S/c1-16(2)13-31-14-19(28)11-27(9-10-30-4)12-21-25-23(29)22-20(15-32-24(22)26-21)18-7-5-17(3)6-8-18/h5-8,15-16,19,28H,9-14H2,1-4H3,(H,25,26,29). The van der Waals surface area contributed by atoms with Crippen LogP contribution in [0.3, 0.4) is 0 Å². The van der Waals surface area contributed by atoms with Crippen molar-refractivity contribution in [1.82, 2.24) is 14.9 Å². The Bertz CT molecular complexity index is 1050. The largest absolute Gasteiger partial charge is 0.389 e. The average molecular weight is 460 g/mol. The summed E-state index contributed by atoms with van der Waals surface area (Å²) in [5.74, 6) is 0.995. The second-order valence-corrected chi connectivity index (χ2v) is 9.38. The summed E-state index contributed by atoms with van der Waals surface area (Å²) in [6.45, 7) is 9.02. The molecule has 1 aromatic carbocycles. The van der Waals surface area contributed by atoms with Crippen molar-refractivity contribution >= 4 is 21.6 Å². The van der Waals surface area contributed by atoms with Crippen LogP contribution in [-0.4, -0.2) is 66.1 Å². The highest BCUT2D eigenvalue weighted by Crippen LogP contribution is 2.30. The Labute approximate surface area is 193 Å². The van der Waals surface area contributed by atoms with Crippen LogP contribution in [0.4, 0.5) is 0 Å². The Morgan fingerprint density at radius 1 is 1.22 bits per heavy atom. The normalized spacial score (nSPS) is 12.8. The molecule has 7 nitrogen and oxygen atoms in total. The Kier molecular flexibility index (Phi) is 8.95. The second-order valence-electron chi connectivity index (χ2n) is 8.52.